The zero-order chi connectivity index (χ0) is 4.12. The molecule has 40 valence electrons. The Labute approximate surface area is 41.9 Å². The fourth-order valence-electron chi connectivity index (χ4n) is 0.0546. The summed E-state index contributed by atoms with van der Waals surface area (Å²) in [5.41, 5.74) is 4.99. The Kier molecular flexibility index (Phi) is 14.1. The van der Waals surface area contributed by atoms with Crippen molar-refractivity contribution >= 4 is 11.8 Å². The summed E-state index contributed by atoms with van der Waals surface area (Å²) in [6.45, 7) is 1.28. The molecule has 0 aliphatic carbocycles. The van der Waals surface area contributed by atoms with E-state index >= 15 is 0 Å². The first-order valence-corrected chi connectivity index (χ1v) is 1.83. The van der Waals surface area contributed by atoms with Gasteiger partial charge in [0.25, 0.3) is 0 Å². The minimum absolute atomic E-state index is 0. The second-order valence-electron chi connectivity index (χ2n) is 0.672. The first kappa shape index (κ1) is 9.48. The third kappa shape index (κ3) is 8.90. The van der Waals surface area contributed by atoms with Crippen LogP contribution in [0.3, 0.4) is 0 Å². The Hall–Kier alpha value is 0.170. The largest absolute Gasteiger partial charge is 0.412 e. The van der Waals surface area contributed by atoms with E-state index in [1.807, 2.05) is 0 Å². The van der Waals surface area contributed by atoms with Crippen LogP contribution >= 0.6 is 11.8 Å². The smallest absolute Gasteiger partial charge is 0.0231 e. The lowest BCUT2D eigenvalue weighted by Gasteiger charge is -1.82. The van der Waals surface area contributed by atoms with E-state index in [-0.39, 0.29) is 5.48 Å². The van der Waals surface area contributed by atoms with Gasteiger partial charge in [-0.15, -0.1) is 0 Å². The van der Waals surface area contributed by atoms with Crippen LogP contribution < -0.4 is 10.6 Å². The molecule has 0 aromatic carbocycles. The molecule has 0 aromatic rings. The molecular formula is C2H9ClN2O. The van der Waals surface area contributed by atoms with Crippen LogP contribution in [0.2, 0.25) is 0 Å². The normalized spacial score (nSPS) is 7.00. The molecule has 0 bridgehead atoms. The molecular weight excluding hydrogens is 103 g/mol. The van der Waals surface area contributed by atoms with Gasteiger partial charge in [-0.3, -0.25) is 0 Å². The maximum atomic E-state index is 4.99. The van der Waals surface area contributed by atoms with Crippen molar-refractivity contribution in [1.82, 2.24) is 4.84 Å². The molecule has 0 radical (unpaired) electrons. The average Bonchev–Trinajstić information content (AvgIpc) is 1.41. The van der Waals surface area contributed by atoms with Gasteiger partial charge in [-0.05, 0) is 11.8 Å². The minimum Gasteiger partial charge on any atom is -0.412 e. The summed E-state index contributed by atoms with van der Waals surface area (Å²) < 4.78 is 0. The quantitative estimate of drug-likeness (QED) is 0.444. The van der Waals surface area contributed by atoms with E-state index in [1.165, 1.54) is 0 Å². The van der Waals surface area contributed by atoms with Crippen molar-refractivity contribution in [2.75, 3.05) is 13.1 Å². The second kappa shape index (κ2) is 8.95. The average molecular weight is 113 g/mol. The molecule has 3 nitrogen and oxygen atoms in total. The van der Waals surface area contributed by atoms with Gasteiger partial charge in [-0.25, -0.2) is 4.84 Å². The summed E-state index contributed by atoms with van der Waals surface area (Å²) >= 11 is 4.97. The summed E-state index contributed by atoms with van der Waals surface area (Å²) in [6, 6.07) is 0. The highest BCUT2D eigenvalue weighted by Crippen LogP contribution is 1.52. The zero-order valence-corrected chi connectivity index (χ0v) is 4.13. The molecule has 0 aromatic heterocycles. The summed E-state index contributed by atoms with van der Waals surface area (Å²) in [5, 5.41) is 0. The van der Waals surface area contributed by atoms with Crippen LogP contribution in [-0.2, 0) is 0 Å². The van der Waals surface area contributed by atoms with Gasteiger partial charge in [0.05, 0.1) is 0 Å². The summed E-state index contributed by atoms with van der Waals surface area (Å²) in [7, 11) is 0. The SMILES string of the molecule is NCCNCl.O. The van der Waals surface area contributed by atoms with Crippen LogP contribution in [0.15, 0.2) is 0 Å². The molecule has 0 aliphatic heterocycles. The Morgan fingerprint density at radius 2 is 2.17 bits per heavy atom. The lowest BCUT2D eigenvalue weighted by atomic mass is 10.7. The third-order valence-electron chi connectivity index (χ3n) is 0.239. The Morgan fingerprint density at radius 1 is 1.67 bits per heavy atom. The van der Waals surface area contributed by atoms with Crippen molar-refractivity contribution in [3.8, 4) is 0 Å². The van der Waals surface area contributed by atoms with E-state index < -0.39 is 0 Å². The minimum atomic E-state index is 0. The standard InChI is InChI=1S/C2H7ClN2.H2O/c3-5-2-1-4;/h5H,1-2,4H2;1H2. The molecule has 0 aliphatic rings. The van der Waals surface area contributed by atoms with Crippen LogP contribution in [0.25, 0.3) is 0 Å². The lowest BCUT2D eigenvalue weighted by Crippen LogP contribution is -2.13. The number of rotatable bonds is 2. The fourth-order valence-corrected chi connectivity index (χ4v) is 0.164. The van der Waals surface area contributed by atoms with Crippen LogP contribution in [0, 0.1) is 0 Å². The molecule has 0 saturated carbocycles. The van der Waals surface area contributed by atoms with Crippen molar-refractivity contribution in [1.29, 1.82) is 0 Å². The number of hydrogen-bond acceptors (Lipinski definition) is 2. The van der Waals surface area contributed by atoms with E-state index in [0.29, 0.717) is 13.1 Å². The van der Waals surface area contributed by atoms with E-state index in [9.17, 15) is 0 Å². The van der Waals surface area contributed by atoms with Crippen LogP contribution in [0.1, 0.15) is 0 Å². The summed E-state index contributed by atoms with van der Waals surface area (Å²) in [6.07, 6.45) is 0. The molecule has 0 fully saturated rings. The van der Waals surface area contributed by atoms with Crippen LogP contribution in [0.4, 0.5) is 0 Å². The molecule has 4 heteroatoms. The highest BCUT2D eigenvalue weighted by molar-refractivity contribution is 6.13. The maximum absolute atomic E-state index is 4.99. The first-order valence-electron chi connectivity index (χ1n) is 1.45. The number of hydrogen-bond donors (Lipinski definition) is 2. The highest BCUT2D eigenvalue weighted by Gasteiger charge is 1.66. The van der Waals surface area contributed by atoms with Crippen LogP contribution in [-0.4, -0.2) is 18.6 Å². The molecule has 0 amide bonds. The number of halogens is 1. The van der Waals surface area contributed by atoms with Crippen molar-refractivity contribution in [3.05, 3.63) is 0 Å². The van der Waals surface area contributed by atoms with E-state index in [1.54, 1.807) is 0 Å². The third-order valence-corrected chi connectivity index (χ3v) is 0.428. The van der Waals surface area contributed by atoms with Crippen molar-refractivity contribution < 1.29 is 5.48 Å². The van der Waals surface area contributed by atoms with Gasteiger partial charge < -0.3 is 11.2 Å². The van der Waals surface area contributed by atoms with Crippen molar-refractivity contribution in [2.24, 2.45) is 5.73 Å². The Bertz CT molecular complexity index is 19.0. The van der Waals surface area contributed by atoms with E-state index in [4.69, 9.17) is 17.5 Å². The lowest BCUT2D eigenvalue weighted by molar-refractivity contribution is 0.824. The van der Waals surface area contributed by atoms with Crippen molar-refractivity contribution in [2.45, 2.75) is 0 Å². The second-order valence-corrected chi connectivity index (χ2v) is 0.940. The topological polar surface area (TPSA) is 69.5 Å². The van der Waals surface area contributed by atoms with Gasteiger partial charge in [0.2, 0.25) is 0 Å². The highest BCUT2D eigenvalue weighted by atomic mass is 35.5. The van der Waals surface area contributed by atoms with Gasteiger partial charge in [0, 0.05) is 13.1 Å². The molecule has 0 spiro atoms. The zero-order valence-electron chi connectivity index (χ0n) is 3.37. The molecule has 0 atom stereocenters. The Balaban J connectivity index is 0. The van der Waals surface area contributed by atoms with Gasteiger partial charge in [0.1, 0.15) is 0 Å². The summed E-state index contributed by atoms with van der Waals surface area (Å²) in [4.78, 5) is 2.36. The van der Waals surface area contributed by atoms with Crippen LogP contribution in [0.5, 0.6) is 0 Å². The maximum Gasteiger partial charge on any atom is 0.0231 e. The van der Waals surface area contributed by atoms with Gasteiger partial charge in [-0.1, -0.05) is 0 Å². The molecule has 6 heavy (non-hydrogen) atoms. The van der Waals surface area contributed by atoms with Gasteiger partial charge >= 0.3 is 0 Å². The summed E-state index contributed by atoms with van der Waals surface area (Å²) in [5.74, 6) is 0. The first-order chi connectivity index (χ1) is 2.41. The van der Waals surface area contributed by atoms with E-state index in [2.05, 4.69) is 4.84 Å². The number of nitrogens with one attached hydrogen (secondary N) is 1. The monoisotopic (exact) mass is 112 g/mol. The predicted molar refractivity (Wildman–Crippen MR) is 26.5 cm³/mol. The molecule has 0 rings (SSSR count). The Morgan fingerprint density at radius 3 is 2.17 bits per heavy atom. The molecule has 0 unspecified atom stereocenters. The molecule has 0 saturated heterocycles. The molecule has 5 N–H and O–H groups in total. The van der Waals surface area contributed by atoms with Crippen molar-refractivity contribution in [3.63, 3.8) is 0 Å². The predicted octanol–water partition coefficient (Wildman–Crippen LogP) is -1.14. The fraction of sp³-hybridized carbons (Fsp3) is 1.00. The number of nitrogens with two attached hydrogens (primary N) is 1. The molecule has 0 heterocycles. The van der Waals surface area contributed by atoms with Gasteiger partial charge in [0.15, 0.2) is 0 Å². The van der Waals surface area contributed by atoms with E-state index in [0.717, 1.165) is 0 Å². The van der Waals surface area contributed by atoms with Gasteiger partial charge in [-0.2, -0.15) is 0 Å².